The van der Waals surface area contributed by atoms with Gasteiger partial charge in [-0.15, -0.1) is 0 Å². The Kier molecular flexibility index (Phi) is 20.1. The van der Waals surface area contributed by atoms with E-state index in [9.17, 15) is 0 Å². The van der Waals surface area contributed by atoms with E-state index in [1.54, 1.807) is 0 Å². The second-order valence-electron chi connectivity index (χ2n) is 31.0. The summed E-state index contributed by atoms with van der Waals surface area (Å²) in [6.45, 7) is 16.5. The first-order valence-electron chi connectivity index (χ1n) is 39.0. The molecular formula is C99H78B2BrN9O6. The Hall–Kier alpha value is -13.1. The Labute approximate surface area is 687 Å². The monoisotopic (exact) mass is 1590 g/mol. The lowest BCUT2D eigenvalue weighted by Gasteiger charge is -2.32. The van der Waals surface area contributed by atoms with Crippen LogP contribution in [0.4, 0.5) is 0 Å². The van der Waals surface area contributed by atoms with Crippen LogP contribution in [-0.4, -0.2) is 81.5 Å². The molecular weight excluding hydrogens is 1510 g/mol. The van der Waals surface area contributed by atoms with Gasteiger partial charge in [-0.05, 0) is 131 Å². The summed E-state index contributed by atoms with van der Waals surface area (Å²) in [7, 11) is -0.890. The Morgan fingerprint density at radius 2 is 0.513 bits per heavy atom. The van der Waals surface area contributed by atoms with E-state index in [1.807, 2.05) is 243 Å². The van der Waals surface area contributed by atoms with Crippen molar-refractivity contribution in [3.63, 3.8) is 0 Å². The molecule has 0 saturated carbocycles. The second kappa shape index (κ2) is 31.3. The zero-order valence-electron chi connectivity index (χ0n) is 65.7. The smallest absolute Gasteiger partial charge is 0.456 e. The molecule has 568 valence electrons. The Morgan fingerprint density at radius 1 is 0.231 bits per heavy atom. The summed E-state index contributed by atoms with van der Waals surface area (Å²) in [4.78, 5) is 43.5. The van der Waals surface area contributed by atoms with Gasteiger partial charge >= 0.3 is 14.2 Å². The third-order valence-electron chi connectivity index (χ3n) is 22.2. The molecule has 0 unspecified atom stereocenters. The average Bonchev–Trinajstić information content (AvgIpc) is 1.59. The van der Waals surface area contributed by atoms with Crippen molar-refractivity contribution in [2.75, 3.05) is 0 Å². The lowest BCUT2D eigenvalue weighted by Crippen LogP contribution is -2.41. The van der Waals surface area contributed by atoms with Gasteiger partial charge in [-0.3, -0.25) is 0 Å². The maximum atomic E-state index is 6.43. The van der Waals surface area contributed by atoms with Crippen LogP contribution in [0.3, 0.4) is 0 Å². The van der Waals surface area contributed by atoms with Crippen LogP contribution in [0.25, 0.3) is 169 Å². The largest absolute Gasteiger partial charge is 0.495 e. The number of rotatable bonds is 13. The predicted octanol–water partition coefficient (Wildman–Crippen LogP) is 23.1. The minimum absolute atomic E-state index is 0.390. The number of halogens is 1. The fourth-order valence-corrected chi connectivity index (χ4v) is 14.7. The normalized spacial score (nSPS) is 14.5. The lowest BCUT2D eigenvalue weighted by molar-refractivity contribution is 0.00578. The standard InChI is InChI=1S/C54H34N6O.C24H30B2O5.C21H14BrN3/c1-5-14-37(15-6-1)49-55-50(38-16-7-2-8-17-38)58-53(57-49)41-28-24-35(25-29-41)43-32-33-46-45(34-43)48-44(22-13-23-47(48)61-46)36-26-30-42(31-27-36)54-59-51(39-18-9-3-10-19-39)56-52(60-54)40-20-11-4-12-21-40;1-21(2)22(3,4)29-25(28-21)15-12-13-18-16(14-15)20-17(10-9-11-19(20)27-18)26-30-23(5,6)24(7,8)31-26;22-18-13-11-17(12-14-18)21-24-19(15-7-3-1-4-8-15)23-20(25-21)16-9-5-2-6-10-16/h1-34H;9-14H,1-8H3;1-14H. The highest BCUT2D eigenvalue weighted by Gasteiger charge is 2.53. The SMILES string of the molecule is Brc1ccc(-c2nc(-c3ccccc3)nc(-c3ccccc3)n2)cc1.CC1(C)OB(c2ccc3oc4cccc(B5OC(C)(C)C(C)(C)O5)c4c3c2)OC1(C)C.c1ccc(-c2nc(-c3ccccc3)nc(-c3ccc(-c4ccc5oc6cccc(-c7ccc(-c8nc(-c9ccccc9)nc(-c9ccccc9)n8)cc7)c6c5c4)cc3)n2)cc1. The van der Waals surface area contributed by atoms with Gasteiger partial charge in [0.15, 0.2) is 52.4 Å². The predicted molar refractivity (Wildman–Crippen MR) is 473 cm³/mol. The molecule has 18 aromatic rings. The minimum Gasteiger partial charge on any atom is -0.456 e. The molecule has 0 bridgehead atoms. The molecule has 2 fully saturated rings. The number of nitrogens with zero attached hydrogens (tertiary/aromatic N) is 9. The summed E-state index contributed by atoms with van der Waals surface area (Å²) in [6.07, 6.45) is 0. The van der Waals surface area contributed by atoms with Gasteiger partial charge in [0.25, 0.3) is 0 Å². The van der Waals surface area contributed by atoms with Gasteiger partial charge in [0.05, 0.1) is 22.4 Å². The molecule has 0 aliphatic carbocycles. The third kappa shape index (κ3) is 15.4. The van der Waals surface area contributed by atoms with E-state index in [0.717, 1.165) is 132 Å². The summed E-state index contributed by atoms with van der Waals surface area (Å²) in [5.74, 6) is 5.79. The molecule has 0 spiro atoms. The van der Waals surface area contributed by atoms with Crippen molar-refractivity contribution in [3.05, 3.63) is 332 Å². The highest BCUT2D eigenvalue weighted by Crippen LogP contribution is 2.43. The van der Waals surface area contributed by atoms with Gasteiger partial charge in [0, 0.05) is 76.1 Å². The zero-order valence-corrected chi connectivity index (χ0v) is 67.3. The summed E-state index contributed by atoms with van der Waals surface area (Å²) in [5.41, 5.74) is 16.4. The van der Waals surface area contributed by atoms with Gasteiger partial charge in [0.1, 0.15) is 22.3 Å². The van der Waals surface area contributed by atoms with Crippen LogP contribution in [-0.2, 0) is 18.6 Å². The van der Waals surface area contributed by atoms with Crippen LogP contribution >= 0.6 is 15.9 Å². The number of hydrogen-bond acceptors (Lipinski definition) is 15. The molecule has 7 heterocycles. The summed E-state index contributed by atoms with van der Waals surface area (Å²) in [6, 6.07) is 110. The maximum absolute atomic E-state index is 6.43. The van der Waals surface area contributed by atoms with Crippen LogP contribution in [0, 0.1) is 0 Å². The van der Waals surface area contributed by atoms with Gasteiger partial charge < -0.3 is 27.5 Å². The first kappa shape index (κ1) is 75.3. The van der Waals surface area contributed by atoms with Crippen molar-refractivity contribution < 1.29 is 27.5 Å². The molecule has 18 heteroatoms. The van der Waals surface area contributed by atoms with Crippen molar-refractivity contribution in [2.45, 2.75) is 77.8 Å². The summed E-state index contributed by atoms with van der Waals surface area (Å²) in [5, 5.41) is 4.13. The quantitative estimate of drug-likeness (QED) is 0.0995. The number of furan rings is 2. The van der Waals surface area contributed by atoms with Crippen molar-refractivity contribution >= 4 is 85.0 Å². The summed E-state index contributed by atoms with van der Waals surface area (Å²) >= 11 is 3.47. The third-order valence-corrected chi connectivity index (χ3v) is 22.7. The fraction of sp³-hybridized carbons (Fsp3) is 0.121. The first-order valence-corrected chi connectivity index (χ1v) is 39.8. The van der Waals surface area contributed by atoms with Crippen LogP contribution in [0.15, 0.2) is 341 Å². The average molecular weight is 1590 g/mol. The van der Waals surface area contributed by atoms with Gasteiger partial charge in [-0.2, -0.15) is 0 Å². The molecule has 0 N–H and O–H groups in total. The van der Waals surface area contributed by atoms with Crippen LogP contribution in [0.1, 0.15) is 55.4 Å². The van der Waals surface area contributed by atoms with Crippen molar-refractivity contribution in [3.8, 4) is 125 Å². The molecule has 0 atom stereocenters. The molecule has 13 aromatic carbocycles. The number of aromatic nitrogens is 9. The number of fused-ring (bicyclic) bond motifs is 6. The van der Waals surface area contributed by atoms with Crippen molar-refractivity contribution in [1.82, 2.24) is 44.9 Å². The molecule has 2 aliphatic heterocycles. The van der Waals surface area contributed by atoms with E-state index in [1.165, 1.54) is 0 Å². The number of benzene rings is 13. The molecule has 2 saturated heterocycles. The van der Waals surface area contributed by atoms with E-state index in [-0.39, 0.29) is 11.2 Å². The highest BCUT2D eigenvalue weighted by atomic mass is 79.9. The molecule has 117 heavy (non-hydrogen) atoms. The molecule has 0 radical (unpaired) electrons. The van der Waals surface area contributed by atoms with E-state index in [0.29, 0.717) is 52.4 Å². The van der Waals surface area contributed by atoms with Gasteiger partial charge in [-0.1, -0.05) is 301 Å². The molecule has 20 rings (SSSR count). The highest BCUT2D eigenvalue weighted by molar-refractivity contribution is 9.10. The number of hydrogen-bond donors (Lipinski definition) is 0. The maximum Gasteiger partial charge on any atom is 0.495 e. The van der Waals surface area contributed by atoms with Crippen LogP contribution < -0.4 is 10.9 Å². The van der Waals surface area contributed by atoms with Crippen molar-refractivity contribution in [1.29, 1.82) is 0 Å². The minimum atomic E-state index is -0.463. The van der Waals surface area contributed by atoms with E-state index in [4.69, 9.17) is 67.3 Å². The second-order valence-corrected chi connectivity index (χ2v) is 31.9. The van der Waals surface area contributed by atoms with Crippen LogP contribution in [0.2, 0.25) is 0 Å². The fourth-order valence-electron chi connectivity index (χ4n) is 14.4. The Morgan fingerprint density at radius 3 is 0.880 bits per heavy atom. The topological polar surface area (TPSA) is 179 Å². The Balaban J connectivity index is 0.000000140. The molecule has 15 nitrogen and oxygen atoms in total. The molecule has 0 amide bonds. The van der Waals surface area contributed by atoms with Crippen LogP contribution in [0.5, 0.6) is 0 Å². The van der Waals surface area contributed by atoms with Crippen molar-refractivity contribution in [2.24, 2.45) is 0 Å². The molecule has 5 aromatic heterocycles. The summed E-state index contributed by atoms with van der Waals surface area (Å²) < 4.78 is 38.9. The van der Waals surface area contributed by atoms with Gasteiger partial charge in [0.2, 0.25) is 0 Å². The van der Waals surface area contributed by atoms with Gasteiger partial charge in [-0.25, -0.2) is 44.9 Å². The van der Waals surface area contributed by atoms with E-state index < -0.39 is 25.4 Å². The van der Waals surface area contributed by atoms with E-state index >= 15 is 0 Å². The lowest BCUT2D eigenvalue weighted by atomic mass is 9.75. The molecule has 2 aliphatic rings. The zero-order chi connectivity index (χ0) is 80.0. The first-order chi connectivity index (χ1) is 56.8. The van der Waals surface area contributed by atoms with E-state index in [2.05, 4.69) is 161 Å². The Bertz CT molecular complexity index is 6440.